The van der Waals surface area contributed by atoms with Crippen LogP contribution in [0.4, 0.5) is 0 Å². The van der Waals surface area contributed by atoms with Crippen molar-refractivity contribution in [3.63, 3.8) is 0 Å². The fourth-order valence-corrected chi connectivity index (χ4v) is 0. The van der Waals surface area contributed by atoms with E-state index in [0.29, 0.717) is 0 Å². The fourth-order valence-electron chi connectivity index (χ4n) is 0. The van der Waals surface area contributed by atoms with Gasteiger partial charge in [0.2, 0.25) is 0 Å². The van der Waals surface area contributed by atoms with Crippen LogP contribution in [-0.4, -0.2) is 50.6 Å². The van der Waals surface area contributed by atoms with Gasteiger partial charge in [-0.2, -0.15) is 0 Å². The van der Waals surface area contributed by atoms with Gasteiger partial charge in [0, 0.05) is 22.4 Å². The maximum absolute atomic E-state index is 8.39. The van der Waals surface area contributed by atoms with Crippen LogP contribution < -0.4 is 0 Å². The van der Waals surface area contributed by atoms with Crippen molar-refractivity contribution < 1.29 is 66.8 Å². The minimum atomic E-state index is 0. The Kier molecular flexibility index (Phi) is 339. The molecule has 0 aromatic carbocycles. The number of hydrogen-bond acceptors (Lipinski definition) is 3. The monoisotopic (exact) mass is 610 g/mol. The molecular weight excluding hydrogens is 609 g/mol. The molecule has 0 aromatic rings. The maximum atomic E-state index is 8.39. The van der Waals surface area contributed by atoms with Gasteiger partial charge in [0.1, 0.15) is 0 Å². The topological polar surface area (TPSA) is 51.2 Å². The molecule has 0 atom stereocenters. The van der Waals surface area contributed by atoms with Crippen LogP contribution in [-0.2, 0) is 66.8 Å². The predicted octanol–water partition coefficient (Wildman–Crippen LogP) is -2.20. The second-order valence-corrected chi connectivity index (χ2v) is 0. The van der Waals surface area contributed by atoms with Crippen molar-refractivity contribution in [2.75, 3.05) is 0 Å². The summed E-state index contributed by atoms with van der Waals surface area (Å²) in [6.07, 6.45) is 0. The Bertz CT molecular complexity index is 24.0. The van der Waals surface area contributed by atoms with Gasteiger partial charge in [-0.3, -0.25) is 0 Å². The number of rotatable bonds is 0. The SMILES string of the molecule is [Ag].[InH3].[O]=[BiH].[O]=[Cu].[O]=[Zn]. The molecule has 0 amide bonds. The molecule has 3 nitrogen and oxygen atoms in total. The van der Waals surface area contributed by atoms with Crippen molar-refractivity contribution in [3.05, 3.63) is 0 Å². The molecule has 0 aliphatic carbocycles. The summed E-state index contributed by atoms with van der Waals surface area (Å²) >= 11 is 3.12. The van der Waals surface area contributed by atoms with E-state index in [1.807, 2.05) is 0 Å². The quantitative estimate of drug-likeness (QED) is 0.292. The van der Waals surface area contributed by atoms with Crippen LogP contribution >= 0.6 is 0 Å². The van der Waals surface area contributed by atoms with Gasteiger partial charge in [-0.15, -0.1) is 0 Å². The first-order chi connectivity index (χ1) is 3.00. The second kappa shape index (κ2) is 88.9. The molecule has 0 aliphatic rings. The Morgan fingerprint density at radius 2 is 1.12 bits per heavy atom. The van der Waals surface area contributed by atoms with Gasteiger partial charge >= 0.3 is 95.0 Å². The molecule has 0 saturated heterocycles. The zero-order valence-corrected chi connectivity index (χ0v) is 12.3. The van der Waals surface area contributed by atoms with Gasteiger partial charge in [0.25, 0.3) is 0 Å². The van der Waals surface area contributed by atoms with E-state index in [1.165, 1.54) is 0 Å². The Morgan fingerprint density at radius 3 is 1.12 bits per heavy atom. The summed E-state index contributed by atoms with van der Waals surface area (Å²) in [5, 5.41) is 0. The van der Waals surface area contributed by atoms with Crippen LogP contribution in [0.3, 0.4) is 0 Å². The average molecular weight is 613 g/mol. The summed E-state index contributed by atoms with van der Waals surface area (Å²) in [5.41, 5.74) is 0. The second-order valence-electron chi connectivity index (χ2n) is 0. The Hall–Kier alpha value is 3.04. The zero-order valence-electron chi connectivity index (χ0n) is 3.03. The average Bonchev–Trinajstić information content (AvgIpc) is 1.81. The molecule has 8 heteroatoms. The van der Waals surface area contributed by atoms with E-state index in [-0.39, 0.29) is 91.2 Å². The van der Waals surface area contributed by atoms with Gasteiger partial charge in [0.15, 0.2) is 0 Å². The fraction of sp³-hybridized carbons (Fsp3) is 0. The molecule has 0 N–H and O–H groups in total. The van der Waals surface area contributed by atoms with Gasteiger partial charge in [-0.25, -0.2) is 0 Å². The summed E-state index contributed by atoms with van der Waals surface area (Å²) in [4.78, 5) is 0. The van der Waals surface area contributed by atoms with Crippen LogP contribution in [0.15, 0.2) is 0 Å². The van der Waals surface area contributed by atoms with Gasteiger partial charge < -0.3 is 0 Å². The molecule has 0 fully saturated rings. The summed E-state index contributed by atoms with van der Waals surface area (Å²) in [6.45, 7) is 0. The first-order valence-electron chi connectivity index (χ1n) is 0.616. The van der Waals surface area contributed by atoms with Crippen molar-refractivity contribution >= 4 is 50.6 Å². The Balaban J connectivity index is -0.00000000500. The Labute approximate surface area is 115 Å². The third-order valence-corrected chi connectivity index (χ3v) is 0. The molecule has 0 saturated carbocycles. The van der Waals surface area contributed by atoms with Gasteiger partial charge in [-0.05, 0) is 0 Å². The third-order valence-electron chi connectivity index (χ3n) is 0. The first kappa shape index (κ1) is 30.5. The molecule has 0 aliphatic heterocycles. The van der Waals surface area contributed by atoms with Crippen molar-refractivity contribution in [1.29, 1.82) is 0 Å². The Morgan fingerprint density at radius 1 is 1.12 bits per heavy atom. The minimum absolute atomic E-state index is 0. The van der Waals surface area contributed by atoms with E-state index >= 15 is 0 Å². The van der Waals surface area contributed by atoms with E-state index in [9.17, 15) is 0 Å². The molecule has 0 unspecified atom stereocenters. The van der Waals surface area contributed by atoms with Gasteiger partial charge in [0.05, 0.1) is 0 Å². The molecule has 0 aromatic heterocycles. The van der Waals surface area contributed by atoms with Crippen molar-refractivity contribution in [3.8, 4) is 0 Å². The van der Waals surface area contributed by atoms with Crippen molar-refractivity contribution in [1.82, 2.24) is 0 Å². The summed E-state index contributed by atoms with van der Waals surface area (Å²) in [6, 6.07) is 0. The summed E-state index contributed by atoms with van der Waals surface area (Å²) in [7, 11) is 0. The van der Waals surface area contributed by atoms with E-state index in [0.717, 1.165) is 0 Å². The molecular formula is H4AgBiCuInO3Zn. The van der Waals surface area contributed by atoms with Crippen LogP contribution in [0.1, 0.15) is 0 Å². The molecule has 54 valence electrons. The van der Waals surface area contributed by atoms with Crippen LogP contribution in [0.2, 0.25) is 0 Å². The molecule has 8 heavy (non-hydrogen) atoms. The third kappa shape index (κ3) is 63.3. The summed E-state index contributed by atoms with van der Waals surface area (Å²) in [5.74, 6) is 0. The van der Waals surface area contributed by atoms with E-state index in [2.05, 4.69) is 15.9 Å². The van der Waals surface area contributed by atoms with Crippen LogP contribution in [0.5, 0.6) is 0 Å². The van der Waals surface area contributed by atoms with Crippen LogP contribution in [0.25, 0.3) is 0 Å². The first-order valence-corrected chi connectivity index (χ1v) is 3.80. The molecule has 0 rings (SSSR count). The van der Waals surface area contributed by atoms with E-state index in [1.54, 1.807) is 0 Å². The summed E-state index contributed by atoms with van der Waals surface area (Å²) < 4.78 is 24.6. The van der Waals surface area contributed by atoms with Crippen molar-refractivity contribution in [2.24, 2.45) is 0 Å². The molecule has 0 bridgehead atoms. The predicted molar refractivity (Wildman–Crippen MR) is 19.1 cm³/mol. The van der Waals surface area contributed by atoms with Crippen LogP contribution in [0, 0.1) is 0 Å². The normalized spacial score (nSPS) is 2.00. The standard InChI is InChI=1S/Ag.Bi.Cu.In.3O.Zn.4H. The van der Waals surface area contributed by atoms with Crippen molar-refractivity contribution in [2.45, 2.75) is 0 Å². The zero-order chi connectivity index (χ0) is 6.00. The van der Waals surface area contributed by atoms with E-state index < -0.39 is 0 Å². The molecule has 1 radical (unpaired) electrons. The molecule has 0 spiro atoms. The van der Waals surface area contributed by atoms with Gasteiger partial charge in [-0.1, -0.05) is 0 Å². The molecule has 0 heterocycles. The number of hydrogen-bond donors (Lipinski definition) is 0. The van der Waals surface area contributed by atoms with E-state index in [4.69, 9.17) is 10.2 Å².